The molecule has 8 heteroatoms. The van der Waals surface area contributed by atoms with Crippen LogP contribution in [0.1, 0.15) is 17.2 Å². The van der Waals surface area contributed by atoms with E-state index < -0.39 is 29.3 Å². The van der Waals surface area contributed by atoms with Crippen LogP contribution in [0.15, 0.2) is 72.6 Å². The van der Waals surface area contributed by atoms with E-state index in [1.165, 1.54) is 55.8 Å². The first kappa shape index (κ1) is 21.0. The summed E-state index contributed by atoms with van der Waals surface area (Å²) in [7, 11) is 2.88. The number of aromatic nitrogens is 1. The molecule has 1 fully saturated rings. The van der Waals surface area contributed by atoms with Gasteiger partial charge in [-0.2, -0.15) is 0 Å². The van der Waals surface area contributed by atoms with E-state index in [0.717, 1.165) is 6.07 Å². The first-order valence-electron chi connectivity index (χ1n) is 9.65. The molecule has 1 saturated heterocycles. The molecule has 1 aromatic heterocycles. The number of hydrogen-bond acceptors (Lipinski definition) is 6. The molecule has 0 saturated carbocycles. The van der Waals surface area contributed by atoms with Crippen LogP contribution in [-0.4, -0.2) is 36.0 Å². The molecule has 2 aromatic carbocycles. The third kappa shape index (κ3) is 3.56. The molecule has 1 amide bonds. The lowest BCUT2D eigenvalue weighted by Gasteiger charge is -2.25. The molecule has 3 aromatic rings. The Balaban J connectivity index is 1.98. The van der Waals surface area contributed by atoms with E-state index in [1.807, 2.05) is 0 Å². The fourth-order valence-electron chi connectivity index (χ4n) is 3.73. The lowest BCUT2D eigenvalue weighted by atomic mass is 9.95. The second-order valence-corrected chi connectivity index (χ2v) is 7.00. The summed E-state index contributed by atoms with van der Waals surface area (Å²) in [5.74, 6) is -2.08. The van der Waals surface area contributed by atoms with Crippen LogP contribution in [0.4, 0.5) is 10.1 Å². The number of ether oxygens (including phenoxy) is 2. The smallest absolute Gasteiger partial charge is 0.300 e. The van der Waals surface area contributed by atoms with Crippen molar-refractivity contribution in [1.29, 1.82) is 0 Å². The number of hydrogen-bond donors (Lipinski definition) is 1. The predicted octanol–water partition coefficient (Wildman–Crippen LogP) is 3.86. The van der Waals surface area contributed by atoms with Crippen LogP contribution in [-0.2, 0) is 9.59 Å². The maximum Gasteiger partial charge on any atom is 0.300 e. The van der Waals surface area contributed by atoms with Gasteiger partial charge in [-0.1, -0.05) is 6.07 Å². The molecule has 0 bridgehead atoms. The Morgan fingerprint density at radius 3 is 2.44 bits per heavy atom. The second kappa shape index (κ2) is 8.50. The average molecular weight is 434 g/mol. The largest absolute Gasteiger partial charge is 0.507 e. The standard InChI is InChI=1S/C24H19FN2O5/c1-31-17-6-7-19(32-2)18(13-17)22(28)20-21(14-8-10-26-11-9-14)27(24(30)23(20)29)16-5-3-4-15(25)12-16/h3-13,21,28H,1-2H3/b22-20+. The summed E-state index contributed by atoms with van der Waals surface area (Å²) in [5.41, 5.74) is 0.734. The molecule has 1 N–H and O–H groups in total. The molecule has 4 rings (SSSR count). The number of Topliss-reactive ketones (excluding diaryl/α,β-unsaturated/α-hetero) is 1. The summed E-state index contributed by atoms with van der Waals surface area (Å²) >= 11 is 0. The summed E-state index contributed by atoms with van der Waals surface area (Å²) < 4.78 is 24.5. The summed E-state index contributed by atoms with van der Waals surface area (Å²) in [6, 6.07) is 12.3. The number of carbonyl (C=O) groups is 2. The molecule has 1 aliphatic heterocycles. The summed E-state index contributed by atoms with van der Waals surface area (Å²) in [4.78, 5) is 31.3. The molecule has 0 aliphatic carbocycles. The third-order valence-electron chi connectivity index (χ3n) is 5.21. The number of halogens is 1. The minimum atomic E-state index is -1.00. The van der Waals surface area contributed by atoms with Crippen molar-refractivity contribution in [1.82, 2.24) is 4.98 Å². The van der Waals surface area contributed by atoms with Gasteiger partial charge >= 0.3 is 0 Å². The van der Waals surface area contributed by atoms with Gasteiger partial charge in [0.1, 0.15) is 23.1 Å². The lowest BCUT2D eigenvalue weighted by molar-refractivity contribution is -0.132. The van der Waals surface area contributed by atoms with Gasteiger partial charge in [0.2, 0.25) is 0 Å². The quantitative estimate of drug-likeness (QED) is 0.373. The van der Waals surface area contributed by atoms with Crippen molar-refractivity contribution in [3.63, 3.8) is 0 Å². The Morgan fingerprint density at radius 2 is 1.78 bits per heavy atom. The SMILES string of the molecule is COc1ccc(OC)c(/C(O)=C2\C(=O)C(=O)N(c3cccc(F)c3)C2c2ccncc2)c1. The van der Waals surface area contributed by atoms with E-state index in [9.17, 15) is 19.1 Å². The third-order valence-corrected chi connectivity index (χ3v) is 5.21. The highest BCUT2D eigenvalue weighted by Gasteiger charge is 2.47. The van der Waals surface area contributed by atoms with Crippen LogP contribution in [0.5, 0.6) is 11.5 Å². The number of pyridine rings is 1. The van der Waals surface area contributed by atoms with Crippen molar-refractivity contribution in [2.45, 2.75) is 6.04 Å². The fourth-order valence-corrected chi connectivity index (χ4v) is 3.73. The highest BCUT2D eigenvalue weighted by atomic mass is 19.1. The van der Waals surface area contributed by atoms with Gasteiger partial charge in [0.15, 0.2) is 0 Å². The Kier molecular flexibility index (Phi) is 5.59. The summed E-state index contributed by atoms with van der Waals surface area (Å²) in [6.07, 6.45) is 3.01. The van der Waals surface area contributed by atoms with Crippen LogP contribution in [0, 0.1) is 5.82 Å². The first-order valence-corrected chi connectivity index (χ1v) is 9.65. The molecule has 1 aliphatic rings. The molecule has 1 atom stereocenters. The Morgan fingerprint density at radius 1 is 1.03 bits per heavy atom. The predicted molar refractivity (Wildman–Crippen MR) is 115 cm³/mol. The van der Waals surface area contributed by atoms with E-state index in [-0.39, 0.29) is 22.6 Å². The fraction of sp³-hybridized carbons (Fsp3) is 0.125. The van der Waals surface area contributed by atoms with Crippen molar-refractivity contribution in [3.8, 4) is 11.5 Å². The number of anilines is 1. The number of methoxy groups -OCH3 is 2. The van der Waals surface area contributed by atoms with Gasteiger partial charge in [-0.25, -0.2) is 4.39 Å². The zero-order chi connectivity index (χ0) is 22.8. The summed E-state index contributed by atoms with van der Waals surface area (Å²) in [6.45, 7) is 0. The molecule has 7 nitrogen and oxygen atoms in total. The Labute approximate surface area is 183 Å². The van der Waals surface area contributed by atoms with Gasteiger partial charge in [0.05, 0.1) is 31.4 Å². The van der Waals surface area contributed by atoms with Crippen molar-refractivity contribution in [3.05, 3.63) is 89.5 Å². The highest BCUT2D eigenvalue weighted by Crippen LogP contribution is 2.43. The average Bonchev–Trinajstić information content (AvgIpc) is 3.09. The van der Waals surface area contributed by atoms with Crippen LogP contribution in [0.2, 0.25) is 0 Å². The topological polar surface area (TPSA) is 89.0 Å². The first-order chi connectivity index (χ1) is 15.5. The second-order valence-electron chi connectivity index (χ2n) is 7.00. The maximum atomic E-state index is 14.0. The van der Waals surface area contributed by atoms with Gasteiger partial charge in [0, 0.05) is 18.1 Å². The number of nitrogens with zero attached hydrogens (tertiary/aromatic N) is 2. The van der Waals surface area contributed by atoms with Gasteiger partial charge in [-0.15, -0.1) is 0 Å². The van der Waals surface area contributed by atoms with Crippen LogP contribution in [0.25, 0.3) is 5.76 Å². The number of benzene rings is 2. The minimum absolute atomic E-state index is 0.156. The van der Waals surface area contributed by atoms with E-state index >= 15 is 0 Å². The number of amides is 1. The Bertz CT molecular complexity index is 1230. The van der Waals surface area contributed by atoms with E-state index in [1.54, 1.807) is 24.3 Å². The van der Waals surface area contributed by atoms with E-state index in [0.29, 0.717) is 11.3 Å². The number of carbonyl (C=O) groups excluding carboxylic acids is 2. The van der Waals surface area contributed by atoms with E-state index in [4.69, 9.17) is 9.47 Å². The van der Waals surface area contributed by atoms with E-state index in [2.05, 4.69) is 4.98 Å². The van der Waals surface area contributed by atoms with Crippen molar-refractivity contribution >= 4 is 23.1 Å². The molecule has 2 heterocycles. The number of ketones is 1. The number of rotatable bonds is 5. The molecule has 32 heavy (non-hydrogen) atoms. The van der Waals surface area contributed by atoms with Gasteiger partial charge in [-0.05, 0) is 54.1 Å². The maximum absolute atomic E-state index is 14.0. The zero-order valence-corrected chi connectivity index (χ0v) is 17.3. The Hall–Kier alpha value is -4.20. The monoisotopic (exact) mass is 434 g/mol. The highest BCUT2D eigenvalue weighted by molar-refractivity contribution is 6.51. The van der Waals surface area contributed by atoms with Crippen LogP contribution in [0.3, 0.4) is 0 Å². The lowest BCUT2D eigenvalue weighted by Crippen LogP contribution is -2.29. The normalized spacial score (nSPS) is 17.5. The molecule has 162 valence electrons. The van der Waals surface area contributed by atoms with Crippen molar-refractivity contribution in [2.75, 3.05) is 19.1 Å². The minimum Gasteiger partial charge on any atom is -0.507 e. The van der Waals surface area contributed by atoms with Gasteiger partial charge < -0.3 is 14.6 Å². The summed E-state index contributed by atoms with van der Waals surface area (Å²) in [5, 5.41) is 11.2. The number of aliphatic hydroxyl groups excluding tert-OH is 1. The van der Waals surface area contributed by atoms with Gasteiger partial charge in [0.25, 0.3) is 11.7 Å². The van der Waals surface area contributed by atoms with Crippen LogP contribution < -0.4 is 14.4 Å². The molecule has 0 radical (unpaired) electrons. The molecule has 0 spiro atoms. The zero-order valence-electron chi connectivity index (χ0n) is 17.3. The van der Waals surface area contributed by atoms with Crippen molar-refractivity contribution < 1.29 is 28.6 Å². The molecular weight excluding hydrogens is 415 g/mol. The number of aliphatic hydroxyl groups is 1. The van der Waals surface area contributed by atoms with Crippen LogP contribution >= 0.6 is 0 Å². The molecule has 1 unspecified atom stereocenters. The molecular formula is C24H19FN2O5. The van der Waals surface area contributed by atoms with Gasteiger partial charge in [-0.3, -0.25) is 19.5 Å². The van der Waals surface area contributed by atoms with Crippen molar-refractivity contribution in [2.24, 2.45) is 0 Å².